The van der Waals surface area contributed by atoms with Crippen molar-refractivity contribution in [2.75, 3.05) is 12.0 Å². The summed E-state index contributed by atoms with van der Waals surface area (Å²) in [6.07, 6.45) is 2.63. The fraction of sp³-hybridized carbons (Fsp3) is 0.286. The van der Waals surface area contributed by atoms with Crippen molar-refractivity contribution in [1.29, 1.82) is 0 Å². The number of nitrogens with zero attached hydrogens (tertiary/aromatic N) is 4. The van der Waals surface area contributed by atoms with E-state index in [4.69, 9.17) is 4.74 Å². The summed E-state index contributed by atoms with van der Waals surface area (Å²) >= 11 is 0. The first-order chi connectivity index (χ1) is 13.2. The van der Waals surface area contributed by atoms with Gasteiger partial charge in [-0.15, -0.1) is 0 Å². The fourth-order valence-corrected chi connectivity index (χ4v) is 3.81. The zero-order valence-corrected chi connectivity index (χ0v) is 15.4. The van der Waals surface area contributed by atoms with Crippen molar-refractivity contribution >= 4 is 11.9 Å². The summed E-state index contributed by atoms with van der Waals surface area (Å²) in [6, 6.07) is 17.9. The summed E-state index contributed by atoms with van der Waals surface area (Å²) in [5.74, 6) is 1.43. The van der Waals surface area contributed by atoms with Gasteiger partial charge in [-0.2, -0.15) is 10.1 Å². The maximum Gasteiger partial charge on any atom is 0.231 e. The quantitative estimate of drug-likeness (QED) is 0.709. The number of ether oxygens (including phenoxy) is 1. The average molecular weight is 362 g/mol. The number of anilines is 1. The molecule has 1 aliphatic rings. The van der Waals surface area contributed by atoms with Crippen LogP contribution in [0, 0.1) is 0 Å². The van der Waals surface area contributed by atoms with Crippen molar-refractivity contribution in [1.82, 2.24) is 14.8 Å². The third-order valence-electron chi connectivity index (χ3n) is 5.08. The molecule has 1 amide bonds. The van der Waals surface area contributed by atoms with Gasteiger partial charge < -0.3 is 4.74 Å². The average Bonchev–Trinajstić information content (AvgIpc) is 3.22. The Morgan fingerprint density at radius 1 is 1.11 bits per heavy atom. The monoisotopic (exact) mass is 362 g/mol. The number of hydrogen-bond acceptors (Lipinski definition) is 4. The van der Waals surface area contributed by atoms with Crippen molar-refractivity contribution < 1.29 is 9.53 Å². The lowest BCUT2D eigenvalue weighted by atomic mass is 9.91. The van der Waals surface area contributed by atoms with E-state index >= 15 is 0 Å². The number of aromatic nitrogens is 3. The lowest BCUT2D eigenvalue weighted by molar-refractivity contribution is -0.119. The van der Waals surface area contributed by atoms with Crippen LogP contribution in [0.2, 0.25) is 0 Å². The number of fused-ring (bicyclic) bond motifs is 1. The van der Waals surface area contributed by atoms with Crippen molar-refractivity contribution in [3.05, 3.63) is 72.1 Å². The molecule has 27 heavy (non-hydrogen) atoms. The summed E-state index contributed by atoms with van der Waals surface area (Å²) in [6.45, 7) is 1.87. The second-order valence-electron chi connectivity index (χ2n) is 6.54. The smallest absolute Gasteiger partial charge is 0.231 e. The van der Waals surface area contributed by atoms with Crippen molar-refractivity contribution in [3.63, 3.8) is 0 Å². The molecule has 138 valence electrons. The maximum absolute atomic E-state index is 12.8. The van der Waals surface area contributed by atoms with Gasteiger partial charge >= 0.3 is 0 Å². The molecule has 4 rings (SSSR count). The molecule has 3 aromatic rings. The highest BCUT2D eigenvalue weighted by Crippen LogP contribution is 2.43. The Morgan fingerprint density at radius 2 is 1.85 bits per heavy atom. The lowest BCUT2D eigenvalue weighted by Gasteiger charge is -2.39. The number of rotatable bonds is 4. The topological polar surface area (TPSA) is 60.2 Å². The van der Waals surface area contributed by atoms with Gasteiger partial charge in [0.15, 0.2) is 0 Å². The van der Waals surface area contributed by atoms with Crippen LogP contribution in [0.4, 0.5) is 5.95 Å². The van der Waals surface area contributed by atoms with Crippen LogP contribution in [-0.2, 0) is 4.79 Å². The third-order valence-corrected chi connectivity index (χ3v) is 5.08. The number of carbonyl (C=O) groups is 1. The van der Waals surface area contributed by atoms with Crippen LogP contribution in [0.15, 0.2) is 60.9 Å². The van der Waals surface area contributed by atoms with E-state index in [1.807, 2.05) is 54.1 Å². The van der Waals surface area contributed by atoms with Gasteiger partial charge in [0.1, 0.15) is 12.1 Å². The molecule has 0 fully saturated rings. The van der Waals surface area contributed by atoms with Crippen molar-refractivity contribution in [2.45, 2.75) is 31.8 Å². The molecule has 2 heterocycles. The Balaban J connectivity index is 1.87. The number of carbonyl (C=O) groups excluding carboxylic acids is 1. The van der Waals surface area contributed by atoms with E-state index in [0.717, 1.165) is 16.9 Å². The van der Waals surface area contributed by atoms with Crippen molar-refractivity contribution in [2.24, 2.45) is 0 Å². The van der Waals surface area contributed by atoms with Crippen LogP contribution in [0.3, 0.4) is 0 Å². The first kappa shape index (κ1) is 17.3. The molecule has 2 atom stereocenters. The van der Waals surface area contributed by atoms with Crippen molar-refractivity contribution in [3.8, 4) is 5.75 Å². The molecule has 0 radical (unpaired) electrons. The number of para-hydroxylation sites is 1. The van der Waals surface area contributed by atoms with Crippen LogP contribution in [0.25, 0.3) is 0 Å². The van der Waals surface area contributed by atoms with Crippen LogP contribution in [-0.4, -0.2) is 27.8 Å². The highest BCUT2D eigenvalue weighted by Gasteiger charge is 2.39. The zero-order valence-electron chi connectivity index (χ0n) is 15.4. The summed E-state index contributed by atoms with van der Waals surface area (Å²) in [5, 5.41) is 4.44. The van der Waals surface area contributed by atoms with E-state index in [1.165, 1.54) is 6.33 Å². The van der Waals surface area contributed by atoms with Gasteiger partial charge in [-0.3, -0.25) is 9.69 Å². The van der Waals surface area contributed by atoms with Gasteiger partial charge in [0, 0.05) is 12.0 Å². The minimum atomic E-state index is -0.106. The van der Waals surface area contributed by atoms with Gasteiger partial charge in [-0.1, -0.05) is 55.5 Å². The molecule has 0 N–H and O–H groups in total. The molecule has 6 nitrogen and oxygen atoms in total. The Morgan fingerprint density at radius 3 is 2.59 bits per heavy atom. The van der Waals surface area contributed by atoms with Crippen LogP contribution < -0.4 is 9.64 Å². The second kappa shape index (κ2) is 7.23. The zero-order chi connectivity index (χ0) is 18.8. The molecule has 0 saturated heterocycles. The molecular weight excluding hydrogens is 340 g/mol. The van der Waals surface area contributed by atoms with E-state index in [-0.39, 0.29) is 18.0 Å². The van der Waals surface area contributed by atoms with Gasteiger partial charge in [0.2, 0.25) is 11.9 Å². The molecule has 1 aliphatic heterocycles. The van der Waals surface area contributed by atoms with E-state index in [9.17, 15) is 4.79 Å². The van der Waals surface area contributed by atoms with E-state index in [2.05, 4.69) is 22.2 Å². The SMILES string of the molecule is CCC(=O)N1c2ncnn2[C@H](c2ccccc2OC)C[C@H]1c1ccccc1. The van der Waals surface area contributed by atoms with Gasteiger partial charge in [0.25, 0.3) is 0 Å². The highest BCUT2D eigenvalue weighted by molar-refractivity contribution is 5.92. The number of benzene rings is 2. The molecule has 6 heteroatoms. The van der Waals surface area contributed by atoms with Gasteiger partial charge in [0.05, 0.1) is 19.2 Å². The first-order valence-electron chi connectivity index (χ1n) is 9.14. The van der Waals surface area contributed by atoms with E-state index in [1.54, 1.807) is 12.0 Å². The number of methoxy groups -OCH3 is 1. The minimum Gasteiger partial charge on any atom is -0.496 e. The van der Waals surface area contributed by atoms with Gasteiger partial charge in [-0.25, -0.2) is 4.68 Å². The number of hydrogen-bond donors (Lipinski definition) is 0. The summed E-state index contributed by atoms with van der Waals surface area (Å²) in [4.78, 5) is 19.0. The maximum atomic E-state index is 12.8. The van der Waals surface area contributed by atoms with E-state index in [0.29, 0.717) is 18.8 Å². The van der Waals surface area contributed by atoms with Crippen LogP contribution in [0.1, 0.15) is 43.0 Å². The summed E-state index contributed by atoms with van der Waals surface area (Å²) < 4.78 is 7.42. The highest BCUT2D eigenvalue weighted by atomic mass is 16.5. The summed E-state index contributed by atoms with van der Waals surface area (Å²) in [7, 11) is 1.67. The Labute approximate surface area is 158 Å². The largest absolute Gasteiger partial charge is 0.496 e. The van der Waals surface area contributed by atoms with Crippen LogP contribution in [0.5, 0.6) is 5.75 Å². The second-order valence-corrected chi connectivity index (χ2v) is 6.54. The lowest BCUT2D eigenvalue weighted by Crippen LogP contribution is -2.42. The predicted octanol–water partition coefficient (Wildman–Crippen LogP) is 3.76. The molecule has 2 aromatic carbocycles. The summed E-state index contributed by atoms with van der Waals surface area (Å²) in [5.41, 5.74) is 2.13. The minimum absolute atomic E-state index is 0.0385. The Kier molecular flexibility index (Phi) is 4.62. The molecule has 0 aliphatic carbocycles. The first-order valence-corrected chi connectivity index (χ1v) is 9.14. The molecule has 0 saturated carbocycles. The normalized spacial score (nSPS) is 18.8. The molecule has 0 spiro atoms. The fourth-order valence-electron chi connectivity index (χ4n) is 3.81. The Hall–Kier alpha value is -3.15. The Bertz CT molecular complexity index is 938. The number of amides is 1. The van der Waals surface area contributed by atoms with Gasteiger partial charge in [-0.05, 0) is 18.1 Å². The third kappa shape index (κ3) is 2.97. The molecular formula is C21H22N4O2. The molecule has 0 unspecified atom stereocenters. The molecule has 0 bridgehead atoms. The molecule has 1 aromatic heterocycles. The van der Waals surface area contributed by atoms with E-state index < -0.39 is 0 Å². The standard InChI is InChI=1S/C21H22N4O2/c1-3-20(26)24-17(15-9-5-4-6-10-15)13-18(25-21(24)22-14-23-25)16-11-7-8-12-19(16)27-2/h4-12,14,17-18H,3,13H2,1-2H3/t17-,18-/m0/s1. The predicted molar refractivity (Wildman–Crippen MR) is 103 cm³/mol. The van der Waals surface area contributed by atoms with Crippen LogP contribution >= 0.6 is 0 Å².